The molecular formula is C18H20N2O4S2. The van der Waals surface area contributed by atoms with Crippen molar-refractivity contribution >= 4 is 53.2 Å². The molecule has 0 aliphatic heterocycles. The summed E-state index contributed by atoms with van der Waals surface area (Å²) < 4.78 is 34.7. The maximum atomic E-state index is 12.8. The second-order valence-electron chi connectivity index (χ2n) is 6.38. The number of anilines is 1. The molecule has 1 aromatic heterocycles. The second-order valence-corrected chi connectivity index (χ2v) is 9.18. The molecule has 1 atom stereocenters. The molecule has 0 amide bonds. The van der Waals surface area contributed by atoms with Crippen LogP contribution in [0.15, 0.2) is 41.3 Å². The largest absolute Gasteiger partial charge is 0.468 e. The molecule has 8 heteroatoms. The molecule has 0 fully saturated rings. The Balaban J connectivity index is 2.06. The van der Waals surface area contributed by atoms with Gasteiger partial charge in [0.15, 0.2) is 0 Å². The molecule has 3 aromatic rings. The number of methoxy groups -OCH3 is 1. The third-order valence-corrected chi connectivity index (χ3v) is 6.75. The number of hydrogen-bond donors (Lipinski definition) is 2. The molecule has 0 bridgehead atoms. The Morgan fingerprint density at radius 1 is 1.12 bits per heavy atom. The monoisotopic (exact) mass is 392 g/mol. The molecule has 0 radical (unpaired) electrons. The van der Waals surface area contributed by atoms with E-state index < -0.39 is 22.0 Å². The Morgan fingerprint density at radius 2 is 1.85 bits per heavy atom. The van der Waals surface area contributed by atoms with Gasteiger partial charge in [0.1, 0.15) is 6.04 Å². The lowest BCUT2D eigenvalue weighted by molar-refractivity contribution is -0.143. The van der Waals surface area contributed by atoms with Gasteiger partial charge in [0.25, 0.3) is 0 Å². The average Bonchev–Trinajstić information content (AvgIpc) is 2.95. The predicted octanol–water partition coefficient (Wildman–Crippen LogP) is 3.11. The summed E-state index contributed by atoms with van der Waals surface area (Å²) in [5.41, 5.74) is 6.49. The molecule has 26 heavy (non-hydrogen) atoms. The molecule has 2 aromatic carbocycles. The van der Waals surface area contributed by atoms with Gasteiger partial charge < -0.3 is 10.5 Å². The number of ether oxygens (including phenoxy) is 1. The number of nitrogens with two attached hydrogens (primary N) is 1. The summed E-state index contributed by atoms with van der Waals surface area (Å²) in [6.45, 7) is 3.51. The van der Waals surface area contributed by atoms with Crippen molar-refractivity contribution in [2.45, 2.75) is 24.8 Å². The van der Waals surface area contributed by atoms with Gasteiger partial charge >= 0.3 is 5.97 Å². The van der Waals surface area contributed by atoms with Crippen LogP contribution in [0.5, 0.6) is 0 Å². The lowest BCUT2D eigenvalue weighted by Gasteiger charge is -2.19. The molecule has 0 aliphatic rings. The molecule has 0 saturated heterocycles. The Labute approximate surface area is 156 Å². The van der Waals surface area contributed by atoms with Crippen LogP contribution in [0.1, 0.15) is 13.8 Å². The molecule has 138 valence electrons. The van der Waals surface area contributed by atoms with Crippen molar-refractivity contribution in [3.8, 4) is 0 Å². The number of nitrogens with one attached hydrogen (secondary N) is 1. The smallest absolute Gasteiger partial charge is 0.324 e. The number of sulfonamides is 1. The Morgan fingerprint density at radius 3 is 2.50 bits per heavy atom. The van der Waals surface area contributed by atoms with Gasteiger partial charge in [-0.05, 0) is 36.2 Å². The Kier molecular flexibility index (Phi) is 4.92. The molecular weight excluding hydrogens is 372 g/mol. The van der Waals surface area contributed by atoms with Crippen LogP contribution < -0.4 is 10.5 Å². The molecule has 0 unspecified atom stereocenters. The zero-order valence-electron chi connectivity index (χ0n) is 14.6. The quantitative estimate of drug-likeness (QED) is 0.513. The number of esters is 1. The Bertz CT molecular complexity index is 1090. The zero-order chi connectivity index (χ0) is 19.1. The third kappa shape index (κ3) is 3.40. The van der Waals surface area contributed by atoms with Crippen LogP contribution in [0, 0.1) is 5.92 Å². The van der Waals surface area contributed by atoms with Crippen molar-refractivity contribution in [1.82, 2.24) is 4.72 Å². The fraction of sp³-hybridized carbons (Fsp3) is 0.278. The summed E-state index contributed by atoms with van der Waals surface area (Å²) in [4.78, 5) is 12.0. The number of hydrogen-bond acceptors (Lipinski definition) is 6. The van der Waals surface area contributed by atoms with E-state index in [0.29, 0.717) is 5.69 Å². The highest BCUT2D eigenvalue weighted by atomic mass is 32.2. The van der Waals surface area contributed by atoms with Gasteiger partial charge in [-0.3, -0.25) is 4.79 Å². The van der Waals surface area contributed by atoms with Crippen LogP contribution in [0.2, 0.25) is 0 Å². The summed E-state index contributed by atoms with van der Waals surface area (Å²) in [7, 11) is -2.64. The summed E-state index contributed by atoms with van der Waals surface area (Å²) >= 11 is 1.55. The van der Waals surface area contributed by atoms with Gasteiger partial charge in [-0.15, -0.1) is 11.3 Å². The van der Waals surface area contributed by atoms with Crippen molar-refractivity contribution in [3.05, 3.63) is 36.4 Å². The number of carbonyl (C=O) groups excluding carboxylic acids is 1. The molecule has 0 saturated carbocycles. The van der Waals surface area contributed by atoms with E-state index in [-0.39, 0.29) is 10.8 Å². The normalized spacial score (nSPS) is 13.4. The van der Waals surface area contributed by atoms with Crippen LogP contribution in [-0.2, 0) is 19.6 Å². The van der Waals surface area contributed by atoms with Crippen molar-refractivity contribution in [2.24, 2.45) is 5.92 Å². The molecule has 3 rings (SSSR count). The lowest BCUT2D eigenvalue weighted by Crippen LogP contribution is -2.44. The Hall–Kier alpha value is -2.16. The summed E-state index contributed by atoms with van der Waals surface area (Å²) in [6, 6.07) is 9.55. The summed E-state index contributed by atoms with van der Waals surface area (Å²) in [6.07, 6.45) is 0. The van der Waals surface area contributed by atoms with Crippen molar-refractivity contribution < 1.29 is 17.9 Å². The van der Waals surface area contributed by atoms with Gasteiger partial charge in [-0.1, -0.05) is 19.9 Å². The van der Waals surface area contributed by atoms with E-state index in [2.05, 4.69) is 4.72 Å². The molecule has 6 nitrogen and oxygen atoms in total. The van der Waals surface area contributed by atoms with E-state index >= 15 is 0 Å². The van der Waals surface area contributed by atoms with Crippen molar-refractivity contribution in [2.75, 3.05) is 12.8 Å². The zero-order valence-corrected chi connectivity index (χ0v) is 16.3. The van der Waals surface area contributed by atoms with Crippen LogP contribution in [0.4, 0.5) is 5.69 Å². The SMILES string of the molecule is COC(=O)[C@H](NS(=O)(=O)c1ccc2sc3cc(N)ccc3c2c1)C(C)C. The first-order valence-electron chi connectivity index (χ1n) is 8.05. The van der Waals surface area contributed by atoms with E-state index in [1.54, 1.807) is 43.4 Å². The number of rotatable bonds is 5. The van der Waals surface area contributed by atoms with Crippen molar-refractivity contribution in [3.63, 3.8) is 0 Å². The third-order valence-electron chi connectivity index (χ3n) is 4.18. The number of thiophene rings is 1. The fourth-order valence-corrected chi connectivity index (χ4v) is 5.25. The summed E-state index contributed by atoms with van der Waals surface area (Å²) in [5.74, 6) is -0.855. The van der Waals surface area contributed by atoms with E-state index in [9.17, 15) is 13.2 Å². The van der Waals surface area contributed by atoms with E-state index in [0.717, 1.165) is 20.2 Å². The standard InChI is InChI=1S/C18H20N2O4S2/c1-10(2)17(18(21)24-3)20-26(22,23)12-5-7-15-14(9-12)13-6-4-11(19)8-16(13)25-15/h4-10,17,20H,19H2,1-3H3/t17-/m1/s1. The van der Waals surface area contributed by atoms with Crippen molar-refractivity contribution in [1.29, 1.82) is 0 Å². The molecule has 0 spiro atoms. The van der Waals surface area contributed by atoms with Crippen LogP contribution in [0.3, 0.4) is 0 Å². The first kappa shape index (κ1) is 18.6. The fourth-order valence-electron chi connectivity index (χ4n) is 2.76. The van der Waals surface area contributed by atoms with Crippen LogP contribution in [-0.4, -0.2) is 27.5 Å². The lowest BCUT2D eigenvalue weighted by atomic mass is 10.1. The number of nitrogen functional groups attached to an aromatic ring is 1. The maximum absolute atomic E-state index is 12.8. The average molecular weight is 393 g/mol. The number of fused-ring (bicyclic) bond motifs is 3. The first-order chi connectivity index (χ1) is 12.2. The van der Waals surface area contributed by atoms with Gasteiger partial charge in [0, 0.05) is 25.9 Å². The summed E-state index contributed by atoms with van der Waals surface area (Å²) in [5, 5.41) is 1.79. The highest BCUT2D eigenvalue weighted by molar-refractivity contribution is 7.89. The minimum Gasteiger partial charge on any atom is -0.468 e. The molecule has 3 N–H and O–H groups in total. The first-order valence-corrected chi connectivity index (χ1v) is 10.3. The predicted molar refractivity (Wildman–Crippen MR) is 105 cm³/mol. The minimum atomic E-state index is -3.88. The topological polar surface area (TPSA) is 98.5 Å². The van der Waals surface area contributed by atoms with Gasteiger partial charge in [0.2, 0.25) is 10.0 Å². The van der Waals surface area contributed by atoms with Gasteiger partial charge in [-0.25, -0.2) is 8.42 Å². The molecule has 1 heterocycles. The number of benzene rings is 2. The highest BCUT2D eigenvalue weighted by Crippen LogP contribution is 2.36. The molecule has 0 aliphatic carbocycles. The second kappa shape index (κ2) is 6.86. The minimum absolute atomic E-state index is 0.107. The van der Waals surface area contributed by atoms with Gasteiger partial charge in [-0.2, -0.15) is 4.72 Å². The van der Waals surface area contributed by atoms with Crippen LogP contribution >= 0.6 is 11.3 Å². The van der Waals surface area contributed by atoms with E-state index in [1.165, 1.54) is 13.2 Å². The van der Waals surface area contributed by atoms with Gasteiger partial charge in [0.05, 0.1) is 12.0 Å². The van der Waals surface area contributed by atoms with E-state index in [1.807, 2.05) is 12.1 Å². The number of carbonyl (C=O) groups is 1. The van der Waals surface area contributed by atoms with Crippen LogP contribution in [0.25, 0.3) is 20.2 Å². The van der Waals surface area contributed by atoms with E-state index in [4.69, 9.17) is 10.5 Å². The highest BCUT2D eigenvalue weighted by Gasteiger charge is 2.29. The maximum Gasteiger partial charge on any atom is 0.324 e.